The van der Waals surface area contributed by atoms with Gasteiger partial charge in [-0.05, 0) is 26.2 Å². The van der Waals surface area contributed by atoms with Crippen LogP contribution in [0.4, 0.5) is 0 Å². The maximum absolute atomic E-state index is 12.5. The first kappa shape index (κ1) is 15.1. The lowest BCUT2D eigenvalue weighted by atomic mass is 10.2. The highest BCUT2D eigenvalue weighted by atomic mass is 16.4. The van der Waals surface area contributed by atoms with E-state index in [4.69, 9.17) is 5.11 Å². The molecule has 2 aromatic rings. The monoisotopic (exact) mass is 289 g/mol. The Balaban J connectivity index is 2.21. The van der Waals surface area contributed by atoms with Gasteiger partial charge in [-0.2, -0.15) is 0 Å². The fraction of sp³-hybridized carbons (Fsp3) is 0.333. The summed E-state index contributed by atoms with van der Waals surface area (Å²) in [5, 5.41) is 9.90. The average Bonchev–Trinajstić information content (AvgIpc) is 2.86. The van der Waals surface area contributed by atoms with Crippen LogP contribution in [0, 0.1) is 0 Å². The van der Waals surface area contributed by atoms with Crippen molar-refractivity contribution in [3.63, 3.8) is 0 Å². The van der Waals surface area contributed by atoms with E-state index in [1.807, 2.05) is 43.3 Å². The van der Waals surface area contributed by atoms with Gasteiger partial charge in [-0.15, -0.1) is 0 Å². The van der Waals surface area contributed by atoms with Gasteiger partial charge in [0.05, 0.1) is 0 Å². The second-order valence-electron chi connectivity index (χ2n) is 5.19. The van der Waals surface area contributed by atoms with Crippen LogP contribution < -0.4 is 0 Å². The highest BCUT2D eigenvalue weighted by Gasteiger charge is 2.20. The topological polar surface area (TPSA) is 76.6 Å². The average molecular weight is 289 g/mol. The number of rotatable bonds is 6. The smallest absolute Gasteiger partial charge is 0.323 e. The van der Waals surface area contributed by atoms with Crippen molar-refractivity contribution in [1.82, 2.24) is 14.8 Å². The van der Waals surface area contributed by atoms with Gasteiger partial charge in [0, 0.05) is 24.0 Å². The second kappa shape index (κ2) is 6.41. The molecule has 0 aliphatic carbocycles. The number of aromatic nitrogens is 1. The Labute approximate surface area is 123 Å². The molecule has 1 aromatic heterocycles. The minimum atomic E-state index is -1.02. The number of nitrogens with zero attached hydrogens (tertiary/aromatic N) is 2. The van der Waals surface area contributed by atoms with Crippen LogP contribution in [0.5, 0.6) is 0 Å². The molecule has 0 unspecified atom stereocenters. The molecule has 0 saturated heterocycles. The third kappa shape index (κ3) is 3.82. The summed E-state index contributed by atoms with van der Waals surface area (Å²) in [7, 11) is 3.76. The van der Waals surface area contributed by atoms with Crippen molar-refractivity contribution in [2.24, 2.45) is 0 Å². The lowest BCUT2D eigenvalue weighted by Gasteiger charge is -2.22. The Morgan fingerprint density at radius 3 is 2.52 bits per heavy atom. The summed E-state index contributed by atoms with van der Waals surface area (Å²) >= 11 is 0. The molecule has 2 rings (SSSR count). The highest BCUT2D eigenvalue weighted by Crippen LogP contribution is 2.16. The standard InChI is InChI=1S/C15H19N3O3/c1-17(2)7-8-18(10-14(19)20)15(21)13-9-11-5-3-4-6-12(11)16-13/h3-6,9,16H,7-8,10H2,1-2H3,(H,19,20). The predicted molar refractivity (Wildman–Crippen MR) is 80.4 cm³/mol. The number of hydrogen-bond acceptors (Lipinski definition) is 3. The number of benzene rings is 1. The number of carboxylic acids is 1. The molecule has 0 aliphatic heterocycles. The fourth-order valence-corrected chi connectivity index (χ4v) is 2.10. The summed E-state index contributed by atoms with van der Waals surface area (Å²) in [5.41, 5.74) is 1.28. The third-order valence-electron chi connectivity index (χ3n) is 3.19. The van der Waals surface area contributed by atoms with E-state index in [9.17, 15) is 9.59 Å². The summed E-state index contributed by atoms with van der Waals surface area (Å²) in [4.78, 5) is 29.7. The number of amides is 1. The van der Waals surface area contributed by atoms with Crippen molar-refractivity contribution < 1.29 is 14.7 Å². The number of carbonyl (C=O) groups is 2. The molecule has 1 heterocycles. The van der Waals surface area contributed by atoms with Crippen LogP contribution in [0.3, 0.4) is 0 Å². The maximum Gasteiger partial charge on any atom is 0.323 e. The number of H-pyrrole nitrogens is 1. The normalized spacial score (nSPS) is 11.0. The molecule has 0 radical (unpaired) electrons. The van der Waals surface area contributed by atoms with Crippen LogP contribution >= 0.6 is 0 Å². The van der Waals surface area contributed by atoms with E-state index < -0.39 is 5.97 Å². The van der Waals surface area contributed by atoms with Gasteiger partial charge in [-0.3, -0.25) is 9.59 Å². The van der Waals surface area contributed by atoms with E-state index in [0.29, 0.717) is 18.8 Å². The number of aromatic amines is 1. The van der Waals surface area contributed by atoms with Crippen LogP contribution in [0.2, 0.25) is 0 Å². The lowest BCUT2D eigenvalue weighted by Crippen LogP contribution is -2.40. The van der Waals surface area contributed by atoms with Crippen molar-refractivity contribution in [3.8, 4) is 0 Å². The molecule has 0 aliphatic rings. The van der Waals surface area contributed by atoms with Gasteiger partial charge in [-0.1, -0.05) is 18.2 Å². The largest absolute Gasteiger partial charge is 0.480 e. The first-order chi connectivity index (χ1) is 9.97. The maximum atomic E-state index is 12.5. The van der Waals surface area contributed by atoms with Gasteiger partial charge in [0.1, 0.15) is 12.2 Å². The minimum absolute atomic E-state index is 0.296. The molecule has 1 amide bonds. The quantitative estimate of drug-likeness (QED) is 0.839. The summed E-state index contributed by atoms with van der Waals surface area (Å²) in [5.74, 6) is -1.31. The zero-order chi connectivity index (χ0) is 15.4. The van der Waals surface area contributed by atoms with Gasteiger partial charge < -0.3 is 19.9 Å². The van der Waals surface area contributed by atoms with E-state index in [-0.39, 0.29) is 12.5 Å². The number of para-hydroxylation sites is 1. The predicted octanol–water partition coefficient (Wildman–Crippen LogP) is 1.26. The second-order valence-corrected chi connectivity index (χ2v) is 5.19. The summed E-state index contributed by atoms with van der Waals surface area (Å²) < 4.78 is 0. The molecule has 2 N–H and O–H groups in total. The Morgan fingerprint density at radius 2 is 1.90 bits per heavy atom. The van der Waals surface area contributed by atoms with Gasteiger partial charge in [0.2, 0.25) is 0 Å². The molecule has 6 heteroatoms. The number of likely N-dealkylation sites (N-methyl/N-ethyl adjacent to an activating group) is 1. The lowest BCUT2D eigenvalue weighted by molar-refractivity contribution is -0.137. The van der Waals surface area contributed by atoms with Crippen LogP contribution in [0.15, 0.2) is 30.3 Å². The summed E-state index contributed by atoms with van der Waals surface area (Å²) in [6, 6.07) is 9.32. The van der Waals surface area contributed by atoms with Crippen molar-refractivity contribution in [2.75, 3.05) is 33.7 Å². The van der Waals surface area contributed by atoms with Crippen molar-refractivity contribution in [1.29, 1.82) is 0 Å². The van der Waals surface area contributed by atoms with Crippen molar-refractivity contribution in [3.05, 3.63) is 36.0 Å². The number of nitrogens with one attached hydrogen (secondary N) is 1. The molecule has 0 bridgehead atoms. The van der Waals surface area contributed by atoms with Crippen LogP contribution in [0.25, 0.3) is 10.9 Å². The molecule has 112 valence electrons. The van der Waals surface area contributed by atoms with E-state index in [0.717, 1.165) is 10.9 Å². The van der Waals surface area contributed by atoms with Gasteiger partial charge in [0.25, 0.3) is 5.91 Å². The molecule has 1 aromatic carbocycles. The molecule has 6 nitrogen and oxygen atoms in total. The highest BCUT2D eigenvalue weighted by molar-refractivity contribution is 5.99. The molecule has 0 atom stereocenters. The van der Waals surface area contributed by atoms with Crippen molar-refractivity contribution >= 4 is 22.8 Å². The molecule has 0 spiro atoms. The Morgan fingerprint density at radius 1 is 1.19 bits per heavy atom. The van der Waals surface area contributed by atoms with E-state index in [1.54, 1.807) is 6.07 Å². The number of aliphatic carboxylic acids is 1. The molecule has 21 heavy (non-hydrogen) atoms. The van der Waals surface area contributed by atoms with Gasteiger partial charge in [0.15, 0.2) is 0 Å². The summed E-state index contributed by atoms with van der Waals surface area (Å²) in [6.45, 7) is 0.675. The number of fused-ring (bicyclic) bond motifs is 1. The SMILES string of the molecule is CN(C)CCN(CC(=O)O)C(=O)c1cc2ccccc2[nH]1. The first-order valence-electron chi connectivity index (χ1n) is 6.71. The molecule has 0 fully saturated rings. The molecular formula is C15H19N3O3. The Bertz CT molecular complexity index is 615. The Kier molecular flexibility index (Phi) is 4.59. The van der Waals surface area contributed by atoms with E-state index >= 15 is 0 Å². The summed E-state index contributed by atoms with van der Waals surface area (Å²) in [6.07, 6.45) is 0. The van der Waals surface area contributed by atoms with Gasteiger partial charge in [-0.25, -0.2) is 0 Å². The third-order valence-corrected chi connectivity index (χ3v) is 3.19. The fourth-order valence-electron chi connectivity index (χ4n) is 2.10. The van der Waals surface area contributed by atoms with Gasteiger partial charge >= 0.3 is 5.97 Å². The number of hydrogen-bond donors (Lipinski definition) is 2. The first-order valence-corrected chi connectivity index (χ1v) is 6.71. The number of carboxylic acid groups (broad SMARTS) is 1. The number of carbonyl (C=O) groups excluding carboxylic acids is 1. The minimum Gasteiger partial charge on any atom is -0.480 e. The van der Waals surface area contributed by atoms with Crippen LogP contribution in [-0.2, 0) is 4.79 Å². The zero-order valence-electron chi connectivity index (χ0n) is 12.2. The van der Waals surface area contributed by atoms with Crippen LogP contribution in [0.1, 0.15) is 10.5 Å². The van der Waals surface area contributed by atoms with Crippen molar-refractivity contribution in [2.45, 2.75) is 0 Å². The zero-order valence-corrected chi connectivity index (χ0v) is 12.2. The molecule has 0 saturated carbocycles. The van der Waals surface area contributed by atoms with E-state index in [1.165, 1.54) is 4.90 Å². The van der Waals surface area contributed by atoms with Crippen LogP contribution in [-0.4, -0.2) is 65.5 Å². The Hall–Kier alpha value is -2.34. The van der Waals surface area contributed by atoms with E-state index in [2.05, 4.69) is 4.98 Å². The molecular weight excluding hydrogens is 270 g/mol.